The summed E-state index contributed by atoms with van der Waals surface area (Å²) in [5.74, 6) is 1.84. The molecule has 0 unspecified atom stereocenters. The summed E-state index contributed by atoms with van der Waals surface area (Å²) in [6.07, 6.45) is 7.56. The molecule has 0 radical (unpaired) electrons. The monoisotopic (exact) mass is 370 g/mol. The lowest BCUT2D eigenvalue weighted by Gasteiger charge is -2.45. The number of furan rings is 1. The molecular weight excluding hydrogens is 342 g/mol. The third-order valence-corrected chi connectivity index (χ3v) is 5.93. The van der Waals surface area contributed by atoms with Gasteiger partial charge in [-0.15, -0.1) is 0 Å². The number of rotatable bonds is 5. The molecule has 2 fully saturated rings. The number of amides is 2. The van der Waals surface area contributed by atoms with E-state index in [0.29, 0.717) is 12.1 Å². The number of quaternary nitrogens is 1. The number of benzene rings is 1. The Balaban J connectivity index is 1.33. The number of urea groups is 1. The van der Waals surface area contributed by atoms with Gasteiger partial charge in [0.05, 0.1) is 25.5 Å². The lowest BCUT2D eigenvalue weighted by atomic mass is 9.81. The molecule has 3 heterocycles. The Morgan fingerprint density at radius 3 is 2.56 bits per heavy atom. The zero-order valence-electron chi connectivity index (χ0n) is 15.7. The molecule has 2 aliphatic rings. The molecule has 2 amide bonds. The summed E-state index contributed by atoms with van der Waals surface area (Å²) in [6, 6.07) is 12.7. The van der Waals surface area contributed by atoms with Crippen molar-refractivity contribution < 1.29 is 18.8 Å². The number of piperidine rings is 2. The number of hydrogen-bond donors (Lipinski definition) is 3. The largest absolute Gasteiger partial charge is 0.497 e. The minimum absolute atomic E-state index is 0.127. The van der Waals surface area contributed by atoms with E-state index in [-0.39, 0.29) is 12.1 Å². The molecule has 2 aromatic rings. The highest BCUT2D eigenvalue weighted by molar-refractivity contribution is 5.89. The molecule has 144 valence electrons. The molecule has 2 bridgehead atoms. The highest BCUT2D eigenvalue weighted by Gasteiger charge is 2.42. The van der Waals surface area contributed by atoms with Gasteiger partial charge >= 0.3 is 6.03 Å². The number of hydrogen-bond acceptors (Lipinski definition) is 3. The molecular formula is C21H28N3O3+. The maximum Gasteiger partial charge on any atom is 0.319 e. The number of nitrogens with one attached hydrogen (secondary N) is 3. The van der Waals surface area contributed by atoms with Crippen LogP contribution in [0.1, 0.15) is 37.9 Å². The number of methoxy groups -OCH3 is 1. The van der Waals surface area contributed by atoms with Crippen LogP contribution in [0.5, 0.6) is 5.75 Å². The summed E-state index contributed by atoms with van der Waals surface area (Å²) < 4.78 is 10.7. The first kappa shape index (κ1) is 17.9. The molecule has 2 saturated heterocycles. The zero-order chi connectivity index (χ0) is 18.6. The highest BCUT2D eigenvalue weighted by Crippen LogP contribution is 2.23. The van der Waals surface area contributed by atoms with E-state index in [9.17, 15) is 4.79 Å². The number of fused-ring (bicyclic) bond motifs is 2. The van der Waals surface area contributed by atoms with Crippen molar-refractivity contribution in [1.82, 2.24) is 5.32 Å². The van der Waals surface area contributed by atoms with Gasteiger partial charge in [0.2, 0.25) is 0 Å². The second-order valence-electron chi connectivity index (χ2n) is 7.65. The van der Waals surface area contributed by atoms with Gasteiger partial charge in [0.1, 0.15) is 12.3 Å². The fourth-order valence-electron chi connectivity index (χ4n) is 4.68. The van der Waals surface area contributed by atoms with Crippen molar-refractivity contribution in [3.05, 3.63) is 48.4 Å². The molecule has 0 saturated carbocycles. The summed E-state index contributed by atoms with van der Waals surface area (Å²) in [5.41, 5.74) is 0.773. The van der Waals surface area contributed by atoms with E-state index in [2.05, 4.69) is 16.7 Å². The van der Waals surface area contributed by atoms with Gasteiger partial charge in [-0.05, 0) is 55.7 Å². The molecule has 3 N–H and O–H groups in total. The van der Waals surface area contributed by atoms with Crippen molar-refractivity contribution in [2.24, 2.45) is 0 Å². The molecule has 6 nitrogen and oxygen atoms in total. The lowest BCUT2D eigenvalue weighted by molar-refractivity contribution is -0.974. The van der Waals surface area contributed by atoms with Crippen molar-refractivity contribution in [2.45, 2.75) is 56.8 Å². The van der Waals surface area contributed by atoms with Crippen LogP contribution in [0.4, 0.5) is 10.5 Å². The van der Waals surface area contributed by atoms with E-state index in [1.165, 1.54) is 19.3 Å². The van der Waals surface area contributed by atoms with Crippen molar-refractivity contribution in [3.63, 3.8) is 0 Å². The van der Waals surface area contributed by atoms with Crippen LogP contribution in [0, 0.1) is 0 Å². The van der Waals surface area contributed by atoms with Gasteiger partial charge in [0, 0.05) is 24.6 Å². The normalized spacial score (nSPS) is 27.0. The Morgan fingerprint density at radius 2 is 1.93 bits per heavy atom. The van der Waals surface area contributed by atoms with Crippen LogP contribution in [0.2, 0.25) is 0 Å². The average molecular weight is 370 g/mol. The Hall–Kier alpha value is -2.47. The Labute approximate surface area is 159 Å². The van der Waals surface area contributed by atoms with Gasteiger partial charge in [-0.1, -0.05) is 0 Å². The first-order valence-electron chi connectivity index (χ1n) is 9.81. The van der Waals surface area contributed by atoms with Crippen molar-refractivity contribution in [3.8, 4) is 5.75 Å². The smallest absolute Gasteiger partial charge is 0.319 e. The van der Waals surface area contributed by atoms with Crippen LogP contribution in [-0.2, 0) is 6.54 Å². The first-order valence-corrected chi connectivity index (χ1v) is 9.81. The van der Waals surface area contributed by atoms with Gasteiger partial charge in [0.25, 0.3) is 0 Å². The van der Waals surface area contributed by atoms with E-state index < -0.39 is 0 Å². The Bertz CT molecular complexity index is 731. The van der Waals surface area contributed by atoms with E-state index in [0.717, 1.165) is 36.6 Å². The summed E-state index contributed by atoms with van der Waals surface area (Å²) in [7, 11) is 1.63. The highest BCUT2D eigenvalue weighted by atomic mass is 16.5. The van der Waals surface area contributed by atoms with Crippen LogP contribution < -0.4 is 20.3 Å². The second-order valence-corrected chi connectivity index (χ2v) is 7.65. The molecule has 27 heavy (non-hydrogen) atoms. The van der Waals surface area contributed by atoms with Crippen molar-refractivity contribution >= 4 is 11.7 Å². The topological polar surface area (TPSA) is 67.9 Å². The molecule has 2 aliphatic heterocycles. The van der Waals surface area contributed by atoms with Crippen molar-refractivity contribution in [1.29, 1.82) is 0 Å². The Kier molecular flexibility index (Phi) is 5.34. The predicted molar refractivity (Wildman–Crippen MR) is 103 cm³/mol. The van der Waals surface area contributed by atoms with Crippen LogP contribution in [0.25, 0.3) is 0 Å². The summed E-state index contributed by atoms with van der Waals surface area (Å²) in [4.78, 5) is 14.0. The standard InChI is InChI=1S/C21H27N3O3/c1-26-19-9-7-15(8-10-19)22-21(25)23-16-12-17-4-2-5-18(13-16)24(17)14-20-6-3-11-27-20/h3,6-11,16-18H,2,4-5,12-14H2,1H3,(H2,22,23,25)/p+1/t17-,18-/m1/s1. The van der Waals surface area contributed by atoms with Gasteiger partial charge in [0.15, 0.2) is 5.76 Å². The molecule has 1 aromatic heterocycles. The van der Waals surface area contributed by atoms with Crippen molar-refractivity contribution in [2.75, 3.05) is 12.4 Å². The zero-order valence-corrected chi connectivity index (χ0v) is 15.7. The van der Waals surface area contributed by atoms with Gasteiger partial charge in [-0.3, -0.25) is 0 Å². The first-order chi connectivity index (χ1) is 13.2. The van der Waals surface area contributed by atoms with Gasteiger partial charge in [-0.2, -0.15) is 0 Å². The van der Waals surface area contributed by atoms with Crippen LogP contribution in [-0.4, -0.2) is 31.3 Å². The van der Waals surface area contributed by atoms with E-state index in [4.69, 9.17) is 9.15 Å². The third kappa shape index (κ3) is 4.27. The summed E-state index contributed by atoms with van der Waals surface area (Å²) in [6.45, 7) is 0.951. The SMILES string of the molecule is COc1ccc(NC(=O)NC2C[C@H]3CCC[C@H](C2)[NH+]3Cc2ccco2)cc1. The maximum absolute atomic E-state index is 12.4. The minimum Gasteiger partial charge on any atom is -0.497 e. The van der Waals surface area contributed by atoms with Crippen LogP contribution in [0.15, 0.2) is 47.1 Å². The Morgan fingerprint density at radius 1 is 1.19 bits per heavy atom. The number of anilines is 1. The summed E-state index contributed by atoms with van der Waals surface area (Å²) >= 11 is 0. The minimum atomic E-state index is -0.127. The van der Waals surface area contributed by atoms with Crippen LogP contribution >= 0.6 is 0 Å². The fourth-order valence-corrected chi connectivity index (χ4v) is 4.68. The molecule has 2 atom stereocenters. The molecule has 0 aliphatic carbocycles. The van der Waals surface area contributed by atoms with E-state index in [1.807, 2.05) is 30.3 Å². The molecule has 4 rings (SSSR count). The van der Waals surface area contributed by atoms with Gasteiger partial charge < -0.3 is 24.7 Å². The van der Waals surface area contributed by atoms with E-state index in [1.54, 1.807) is 18.3 Å². The second kappa shape index (κ2) is 8.05. The van der Waals surface area contributed by atoms with Crippen LogP contribution in [0.3, 0.4) is 0 Å². The third-order valence-electron chi connectivity index (χ3n) is 5.93. The average Bonchev–Trinajstić information content (AvgIpc) is 3.16. The number of ether oxygens (including phenoxy) is 1. The molecule has 0 spiro atoms. The maximum atomic E-state index is 12.4. The number of carbonyl (C=O) groups excluding carboxylic acids is 1. The predicted octanol–water partition coefficient (Wildman–Crippen LogP) is 2.58. The molecule has 1 aromatic carbocycles. The van der Waals surface area contributed by atoms with Gasteiger partial charge in [-0.25, -0.2) is 4.79 Å². The quantitative estimate of drug-likeness (QED) is 0.758. The lowest BCUT2D eigenvalue weighted by Crippen LogP contribution is -3.20. The van der Waals surface area contributed by atoms with E-state index >= 15 is 0 Å². The summed E-state index contributed by atoms with van der Waals surface area (Å²) in [5, 5.41) is 6.11. The molecule has 6 heteroatoms. The number of carbonyl (C=O) groups is 1. The fraction of sp³-hybridized carbons (Fsp3) is 0.476.